The smallest absolute Gasteiger partial charge is 0.406 e. The quantitative estimate of drug-likeness (QED) is 0.467. The first-order chi connectivity index (χ1) is 17.5. The van der Waals surface area contributed by atoms with Gasteiger partial charge < -0.3 is 20.1 Å². The fourth-order valence-electron chi connectivity index (χ4n) is 3.47. The van der Waals surface area contributed by atoms with Crippen LogP contribution in [0.3, 0.4) is 0 Å². The number of halogens is 3. The van der Waals surface area contributed by atoms with Crippen molar-refractivity contribution in [1.29, 1.82) is 0 Å². The predicted molar refractivity (Wildman–Crippen MR) is 129 cm³/mol. The van der Waals surface area contributed by atoms with E-state index in [2.05, 4.69) is 10.1 Å². The molecule has 0 unspecified atom stereocenters. The van der Waals surface area contributed by atoms with Gasteiger partial charge in [-0.15, -0.1) is 13.2 Å². The minimum atomic E-state index is -4.83. The molecule has 2 aromatic carbocycles. The van der Waals surface area contributed by atoms with Gasteiger partial charge in [-0.25, -0.2) is 8.42 Å². The van der Waals surface area contributed by atoms with Gasteiger partial charge in [0.25, 0.3) is 0 Å². The summed E-state index contributed by atoms with van der Waals surface area (Å²) in [5.74, 6) is -0.617. The van der Waals surface area contributed by atoms with Gasteiger partial charge in [-0.05, 0) is 48.2 Å². The van der Waals surface area contributed by atoms with E-state index in [1.54, 1.807) is 0 Å². The summed E-state index contributed by atoms with van der Waals surface area (Å²) in [7, 11) is -3.81. The maximum absolute atomic E-state index is 12.4. The van der Waals surface area contributed by atoms with Crippen molar-refractivity contribution < 1.29 is 41.0 Å². The number of piperazine rings is 1. The Bertz CT molecular complexity index is 1100. The van der Waals surface area contributed by atoms with E-state index in [1.165, 1.54) is 21.7 Å². The summed E-state index contributed by atoms with van der Waals surface area (Å²) in [5, 5.41) is 11.3. The van der Waals surface area contributed by atoms with Crippen molar-refractivity contribution in [2.45, 2.75) is 37.6 Å². The van der Waals surface area contributed by atoms with Crippen molar-refractivity contribution in [3.63, 3.8) is 0 Å². The van der Waals surface area contributed by atoms with Crippen molar-refractivity contribution in [1.82, 2.24) is 14.5 Å². The number of alkyl halides is 3. The van der Waals surface area contributed by atoms with Crippen LogP contribution in [0.5, 0.6) is 5.75 Å². The average molecular weight is 546 g/mol. The molecule has 0 radical (unpaired) electrons. The maximum atomic E-state index is 12.4. The molecule has 37 heavy (non-hydrogen) atoms. The lowest BCUT2D eigenvalue weighted by Crippen LogP contribution is -2.49. The highest BCUT2D eigenvalue weighted by Crippen LogP contribution is 2.25. The van der Waals surface area contributed by atoms with Crippen LogP contribution in [-0.2, 0) is 32.6 Å². The number of aryl methyl sites for hydroxylation is 1. The Labute approximate surface area is 213 Å². The summed E-state index contributed by atoms with van der Waals surface area (Å²) in [6.07, 6.45) is -2.44. The first-order valence-corrected chi connectivity index (χ1v) is 12.9. The number of hydrogen-bond donors (Lipinski definition) is 2. The van der Waals surface area contributed by atoms with Crippen molar-refractivity contribution in [3.8, 4) is 5.75 Å². The van der Waals surface area contributed by atoms with Gasteiger partial charge in [0.2, 0.25) is 22.3 Å². The number of nitrogens with one attached hydrogen (secondary N) is 1. The van der Waals surface area contributed by atoms with Crippen LogP contribution in [0.1, 0.15) is 24.5 Å². The Balaban J connectivity index is 0.000000294. The molecule has 0 bridgehead atoms. The van der Waals surface area contributed by atoms with Gasteiger partial charge >= 0.3 is 6.36 Å². The van der Waals surface area contributed by atoms with Crippen LogP contribution in [0.4, 0.5) is 13.2 Å². The highest BCUT2D eigenvalue weighted by molar-refractivity contribution is 7.89. The maximum Gasteiger partial charge on any atom is 0.573 e. The molecule has 2 aromatic rings. The summed E-state index contributed by atoms with van der Waals surface area (Å²) in [5.41, 5.74) is 2.30. The normalized spacial score (nSPS) is 14.4. The van der Waals surface area contributed by atoms with E-state index in [1.807, 2.05) is 24.3 Å². The molecule has 0 saturated carbocycles. The Morgan fingerprint density at radius 3 is 2.08 bits per heavy atom. The molecule has 0 aliphatic carbocycles. The highest BCUT2D eigenvalue weighted by Gasteiger charge is 2.32. The first-order valence-electron chi connectivity index (χ1n) is 11.4. The monoisotopic (exact) mass is 545 g/mol. The standard InChI is InChI=1S/C13H15F3N2O4S.C11H15NO2/c1-10(19)17-6-8-18(9-7-17)23(20,21)12-4-2-11(3-5-12)22-13(14,15)16;13-7-1-2-10-3-5-11(6-4-10)8-12-9-14/h2-5H,6-9H2,1H3;3-6,9,13H,1-2,7-8H2,(H,12,14). The van der Waals surface area contributed by atoms with Gasteiger partial charge in [0, 0.05) is 46.3 Å². The van der Waals surface area contributed by atoms with E-state index in [4.69, 9.17) is 5.11 Å². The van der Waals surface area contributed by atoms with Crippen LogP contribution in [0.2, 0.25) is 0 Å². The molecule has 204 valence electrons. The number of rotatable bonds is 9. The van der Waals surface area contributed by atoms with Gasteiger partial charge in [0.05, 0.1) is 4.90 Å². The van der Waals surface area contributed by atoms with E-state index < -0.39 is 22.1 Å². The van der Waals surface area contributed by atoms with Gasteiger partial charge in [0.1, 0.15) is 5.75 Å². The Morgan fingerprint density at radius 2 is 1.59 bits per heavy atom. The number of aliphatic hydroxyl groups is 1. The van der Waals surface area contributed by atoms with Gasteiger partial charge in [0.15, 0.2) is 0 Å². The van der Waals surface area contributed by atoms with Crippen molar-refractivity contribution in [3.05, 3.63) is 59.7 Å². The molecule has 0 atom stereocenters. The second kappa shape index (κ2) is 14.0. The topological polar surface area (TPSA) is 116 Å². The van der Waals surface area contributed by atoms with Crippen LogP contribution < -0.4 is 10.1 Å². The number of aliphatic hydroxyl groups excluding tert-OH is 1. The van der Waals surface area contributed by atoms with E-state index in [-0.39, 0.29) is 43.6 Å². The SMILES string of the molecule is CC(=O)N1CCN(S(=O)(=O)c2ccc(OC(F)(F)F)cc2)CC1.O=CNCc1ccc(CCCO)cc1. The van der Waals surface area contributed by atoms with Crippen molar-refractivity contribution in [2.24, 2.45) is 0 Å². The summed E-state index contributed by atoms with van der Waals surface area (Å²) in [6, 6.07) is 12.1. The number of hydrogen-bond acceptors (Lipinski definition) is 6. The van der Waals surface area contributed by atoms with Crippen LogP contribution in [0.25, 0.3) is 0 Å². The van der Waals surface area contributed by atoms with E-state index >= 15 is 0 Å². The molecular weight excluding hydrogens is 515 g/mol. The van der Waals surface area contributed by atoms with Crippen LogP contribution in [-0.4, -0.2) is 74.2 Å². The molecule has 0 aromatic heterocycles. The van der Waals surface area contributed by atoms with Crippen molar-refractivity contribution in [2.75, 3.05) is 32.8 Å². The van der Waals surface area contributed by atoms with E-state index in [0.717, 1.165) is 42.7 Å². The molecule has 1 heterocycles. The zero-order valence-corrected chi connectivity index (χ0v) is 21.1. The molecule has 1 saturated heterocycles. The molecule has 13 heteroatoms. The fourth-order valence-corrected chi connectivity index (χ4v) is 4.89. The lowest BCUT2D eigenvalue weighted by atomic mass is 10.1. The van der Waals surface area contributed by atoms with Gasteiger partial charge in [-0.3, -0.25) is 9.59 Å². The highest BCUT2D eigenvalue weighted by atomic mass is 32.2. The third-order valence-electron chi connectivity index (χ3n) is 5.42. The van der Waals surface area contributed by atoms with E-state index in [9.17, 15) is 31.2 Å². The van der Waals surface area contributed by atoms with Crippen LogP contribution in [0, 0.1) is 0 Å². The van der Waals surface area contributed by atoms with Gasteiger partial charge in [-0.2, -0.15) is 4.31 Å². The second-order valence-corrected chi connectivity index (χ2v) is 10.0. The minimum absolute atomic E-state index is 0.122. The predicted octanol–water partition coefficient (Wildman–Crippen LogP) is 2.30. The minimum Gasteiger partial charge on any atom is -0.406 e. The van der Waals surface area contributed by atoms with E-state index in [0.29, 0.717) is 13.0 Å². The Hall–Kier alpha value is -3.16. The van der Waals surface area contributed by atoms with Crippen molar-refractivity contribution >= 4 is 22.3 Å². The molecule has 9 nitrogen and oxygen atoms in total. The largest absolute Gasteiger partial charge is 0.573 e. The summed E-state index contributed by atoms with van der Waals surface area (Å²) in [6.45, 7) is 3.06. The molecule has 3 rings (SSSR count). The molecule has 2 amide bonds. The molecule has 0 spiro atoms. The van der Waals surface area contributed by atoms with Gasteiger partial charge in [-0.1, -0.05) is 24.3 Å². The Morgan fingerprint density at radius 1 is 1.03 bits per heavy atom. The molecule has 1 fully saturated rings. The number of benzene rings is 2. The lowest BCUT2D eigenvalue weighted by Gasteiger charge is -2.33. The third kappa shape index (κ3) is 10.0. The molecular formula is C24H30F3N3O6S. The molecule has 2 N–H and O–H groups in total. The first kappa shape index (κ1) is 30.1. The number of sulfonamides is 1. The third-order valence-corrected chi connectivity index (χ3v) is 7.33. The number of ether oxygens (including phenoxy) is 1. The number of nitrogens with zero attached hydrogens (tertiary/aromatic N) is 2. The fraction of sp³-hybridized carbons (Fsp3) is 0.417. The molecule has 1 aliphatic rings. The number of carbonyl (C=O) groups is 2. The lowest BCUT2D eigenvalue weighted by molar-refractivity contribution is -0.274. The zero-order valence-electron chi connectivity index (χ0n) is 20.3. The number of amides is 2. The summed E-state index contributed by atoms with van der Waals surface area (Å²) < 4.78 is 66.0. The van der Waals surface area contributed by atoms with Crippen LogP contribution >= 0.6 is 0 Å². The second-order valence-electron chi connectivity index (χ2n) is 8.07. The van der Waals surface area contributed by atoms with Crippen LogP contribution in [0.15, 0.2) is 53.4 Å². The zero-order chi connectivity index (χ0) is 27.5. The number of carbonyl (C=O) groups excluding carboxylic acids is 2. The molecule has 1 aliphatic heterocycles. The summed E-state index contributed by atoms with van der Waals surface area (Å²) >= 11 is 0. The Kier molecular flexibility index (Phi) is 11.3. The summed E-state index contributed by atoms with van der Waals surface area (Å²) in [4.78, 5) is 22.7. The average Bonchev–Trinajstić information content (AvgIpc) is 2.86.